The molecule has 7 heteroatoms. The molecule has 0 saturated carbocycles. The minimum atomic E-state index is -0.231. The van der Waals surface area contributed by atoms with Crippen LogP contribution in [-0.4, -0.2) is 41.5 Å². The zero-order chi connectivity index (χ0) is 15.8. The van der Waals surface area contributed by atoms with E-state index in [0.717, 1.165) is 0 Å². The van der Waals surface area contributed by atoms with E-state index < -0.39 is 0 Å². The Hall–Kier alpha value is -1.95. The molecule has 3 N–H and O–H groups in total. The van der Waals surface area contributed by atoms with E-state index in [4.69, 9.17) is 27.3 Å². The van der Waals surface area contributed by atoms with Crippen LogP contribution in [0.1, 0.15) is 13.8 Å². The number of ether oxygens (including phenoxy) is 1. The standard InChI is InChI=1S/C14H20ClN3O3/c1-3-18(8-10(2)14(16)17-20)13(19)9-21-12-6-4-5-11(15)7-12/h4-7,10,20H,3,8-9H2,1-2H3,(H2,16,17). The normalized spacial score (nSPS) is 12.8. The van der Waals surface area contributed by atoms with Gasteiger partial charge in [-0.25, -0.2) is 0 Å². The lowest BCUT2D eigenvalue weighted by Crippen LogP contribution is -2.41. The number of likely N-dealkylation sites (N-methyl/N-ethyl adjacent to an activating group) is 1. The molecule has 116 valence electrons. The molecule has 1 aromatic carbocycles. The number of amides is 1. The summed E-state index contributed by atoms with van der Waals surface area (Å²) in [4.78, 5) is 13.7. The van der Waals surface area contributed by atoms with Crippen molar-refractivity contribution < 1.29 is 14.7 Å². The van der Waals surface area contributed by atoms with Crippen molar-refractivity contribution in [3.8, 4) is 5.75 Å². The molecular formula is C14H20ClN3O3. The summed E-state index contributed by atoms with van der Waals surface area (Å²) in [5, 5.41) is 12.1. The van der Waals surface area contributed by atoms with E-state index >= 15 is 0 Å². The Balaban J connectivity index is 2.55. The molecule has 1 aromatic rings. The number of benzene rings is 1. The highest BCUT2D eigenvalue weighted by molar-refractivity contribution is 6.30. The molecule has 0 aliphatic heterocycles. The van der Waals surface area contributed by atoms with Gasteiger partial charge >= 0.3 is 0 Å². The van der Waals surface area contributed by atoms with Crippen molar-refractivity contribution in [3.63, 3.8) is 0 Å². The maximum absolute atomic E-state index is 12.1. The largest absolute Gasteiger partial charge is 0.484 e. The van der Waals surface area contributed by atoms with Crippen LogP contribution in [0.2, 0.25) is 5.02 Å². The molecule has 1 atom stereocenters. The van der Waals surface area contributed by atoms with Crippen LogP contribution in [0, 0.1) is 5.92 Å². The molecule has 0 aliphatic carbocycles. The topological polar surface area (TPSA) is 88.1 Å². The summed E-state index contributed by atoms with van der Waals surface area (Å²) in [7, 11) is 0. The van der Waals surface area contributed by atoms with Gasteiger partial charge in [-0.05, 0) is 25.1 Å². The Bertz CT molecular complexity index is 508. The van der Waals surface area contributed by atoms with Gasteiger partial charge in [0.05, 0.1) is 0 Å². The highest BCUT2D eigenvalue weighted by Crippen LogP contribution is 2.17. The lowest BCUT2D eigenvalue weighted by Gasteiger charge is -2.24. The van der Waals surface area contributed by atoms with Gasteiger partial charge in [0.2, 0.25) is 0 Å². The number of hydrogen-bond donors (Lipinski definition) is 2. The third kappa shape index (κ3) is 5.51. The Kier molecular flexibility index (Phi) is 6.81. The molecule has 1 unspecified atom stereocenters. The van der Waals surface area contributed by atoms with Crippen molar-refractivity contribution in [1.82, 2.24) is 4.90 Å². The van der Waals surface area contributed by atoms with Crippen LogP contribution in [0.4, 0.5) is 0 Å². The lowest BCUT2D eigenvalue weighted by atomic mass is 10.1. The molecular weight excluding hydrogens is 294 g/mol. The number of rotatable bonds is 7. The van der Waals surface area contributed by atoms with Crippen LogP contribution in [0.15, 0.2) is 29.4 Å². The first kappa shape index (κ1) is 17.1. The van der Waals surface area contributed by atoms with E-state index in [9.17, 15) is 4.79 Å². The van der Waals surface area contributed by atoms with Crippen molar-refractivity contribution in [2.45, 2.75) is 13.8 Å². The summed E-state index contributed by atoms with van der Waals surface area (Å²) in [5.41, 5.74) is 5.52. The first-order chi connectivity index (χ1) is 9.97. The molecule has 0 bridgehead atoms. The molecule has 0 aliphatic rings. The Morgan fingerprint density at radius 1 is 1.57 bits per heavy atom. The lowest BCUT2D eigenvalue weighted by molar-refractivity contribution is -0.133. The van der Waals surface area contributed by atoms with Gasteiger partial charge in [-0.3, -0.25) is 4.79 Å². The van der Waals surface area contributed by atoms with Crippen molar-refractivity contribution in [1.29, 1.82) is 0 Å². The molecule has 0 radical (unpaired) electrons. The highest BCUT2D eigenvalue weighted by atomic mass is 35.5. The van der Waals surface area contributed by atoms with Gasteiger partial charge in [0.25, 0.3) is 5.91 Å². The number of oxime groups is 1. The van der Waals surface area contributed by atoms with Crippen LogP contribution in [0.3, 0.4) is 0 Å². The minimum Gasteiger partial charge on any atom is -0.484 e. The Morgan fingerprint density at radius 2 is 2.29 bits per heavy atom. The maximum Gasteiger partial charge on any atom is 0.260 e. The molecule has 0 saturated heterocycles. The molecule has 6 nitrogen and oxygen atoms in total. The van der Waals surface area contributed by atoms with Gasteiger partial charge in [-0.1, -0.05) is 29.7 Å². The van der Waals surface area contributed by atoms with Gasteiger partial charge in [0.15, 0.2) is 6.61 Å². The summed E-state index contributed by atoms with van der Waals surface area (Å²) < 4.78 is 5.41. The summed E-state index contributed by atoms with van der Waals surface area (Å²) in [6.45, 7) is 4.43. The van der Waals surface area contributed by atoms with E-state index in [1.807, 2.05) is 6.92 Å². The third-order valence-electron chi connectivity index (χ3n) is 3.01. The van der Waals surface area contributed by atoms with Gasteiger partial charge in [-0.2, -0.15) is 0 Å². The molecule has 21 heavy (non-hydrogen) atoms. The number of nitrogens with two attached hydrogens (primary N) is 1. The molecule has 0 spiro atoms. The van der Waals surface area contributed by atoms with E-state index in [0.29, 0.717) is 23.9 Å². The smallest absolute Gasteiger partial charge is 0.260 e. The number of amidine groups is 1. The molecule has 1 rings (SSSR count). The fourth-order valence-corrected chi connectivity index (χ4v) is 1.90. The zero-order valence-electron chi connectivity index (χ0n) is 12.1. The maximum atomic E-state index is 12.1. The number of carbonyl (C=O) groups is 1. The van der Waals surface area contributed by atoms with E-state index in [1.54, 1.807) is 36.1 Å². The zero-order valence-corrected chi connectivity index (χ0v) is 12.9. The summed E-state index contributed by atoms with van der Waals surface area (Å²) in [6.07, 6.45) is 0. The van der Waals surface area contributed by atoms with Crippen molar-refractivity contribution >= 4 is 23.3 Å². The van der Waals surface area contributed by atoms with Gasteiger partial charge in [0, 0.05) is 24.0 Å². The Morgan fingerprint density at radius 3 is 2.86 bits per heavy atom. The van der Waals surface area contributed by atoms with E-state index in [2.05, 4.69) is 5.16 Å². The predicted octanol–water partition coefficient (Wildman–Crippen LogP) is 1.95. The second-order valence-corrected chi connectivity index (χ2v) is 5.04. The highest BCUT2D eigenvalue weighted by Gasteiger charge is 2.18. The SMILES string of the molecule is CCN(CC(C)C(N)=NO)C(=O)COc1cccc(Cl)c1. The quantitative estimate of drug-likeness (QED) is 0.348. The number of hydrogen-bond acceptors (Lipinski definition) is 4. The third-order valence-corrected chi connectivity index (χ3v) is 3.24. The number of halogens is 1. The molecule has 1 amide bonds. The fourth-order valence-electron chi connectivity index (χ4n) is 1.72. The van der Waals surface area contributed by atoms with Crippen LogP contribution in [-0.2, 0) is 4.79 Å². The molecule has 0 fully saturated rings. The average molecular weight is 314 g/mol. The molecule has 0 aromatic heterocycles. The van der Waals surface area contributed by atoms with Gasteiger partial charge < -0.3 is 20.6 Å². The van der Waals surface area contributed by atoms with Crippen molar-refractivity contribution in [2.24, 2.45) is 16.8 Å². The summed E-state index contributed by atoms with van der Waals surface area (Å²) in [5.74, 6) is 0.230. The predicted molar refractivity (Wildman–Crippen MR) is 81.8 cm³/mol. The summed E-state index contributed by atoms with van der Waals surface area (Å²) in [6, 6.07) is 6.85. The average Bonchev–Trinajstić information content (AvgIpc) is 2.49. The number of nitrogens with zero attached hydrogens (tertiary/aromatic N) is 2. The van der Waals surface area contributed by atoms with Crippen LogP contribution in [0.5, 0.6) is 5.75 Å². The van der Waals surface area contributed by atoms with Crippen LogP contribution in [0.25, 0.3) is 0 Å². The van der Waals surface area contributed by atoms with Crippen molar-refractivity contribution in [3.05, 3.63) is 29.3 Å². The monoisotopic (exact) mass is 313 g/mol. The van der Waals surface area contributed by atoms with Gasteiger partial charge in [-0.15, -0.1) is 0 Å². The van der Waals surface area contributed by atoms with E-state index in [-0.39, 0.29) is 24.3 Å². The second kappa shape index (κ2) is 8.36. The van der Waals surface area contributed by atoms with E-state index in [1.165, 1.54) is 0 Å². The fraction of sp³-hybridized carbons (Fsp3) is 0.429. The van der Waals surface area contributed by atoms with Crippen LogP contribution >= 0.6 is 11.6 Å². The van der Waals surface area contributed by atoms with Crippen molar-refractivity contribution in [2.75, 3.05) is 19.7 Å². The Labute approximate surface area is 129 Å². The minimum absolute atomic E-state index is 0.0862. The van der Waals surface area contributed by atoms with Crippen LogP contribution < -0.4 is 10.5 Å². The van der Waals surface area contributed by atoms with Gasteiger partial charge in [0.1, 0.15) is 11.6 Å². The first-order valence-electron chi connectivity index (χ1n) is 6.61. The number of carbonyl (C=O) groups excluding carboxylic acids is 1. The first-order valence-corrected chi connectivity index (χ1v) is 6.99. The molecule has 0 heterocycles. The second-order valence-electron chi connectivity index (χ2n) is 4.60. The summed E-state index contributed by atoms with van der Waals surface area (Å²) >= 11 is 5.84.